The third-order valence-electron chi connectivity index (χ3n) is 4.98. The number of ether oxygens (including phenoxy) is 3. The number of morpholine rings is 1. The van der Waals surface area contributed by atoms with Crippen molar-refractivity contribution < 1.29 is 14.2 Å². The lowest BCUT2D eigenvalue weighted by Crippen LogP contribution is -2.37. The van der Waals surface area contributed by atoms with Crippen molar-refractivity contribution in [1.29, 1.82) is 0 Å². The van der Waals surface area contributed by atoms with Crippen molar-refractivity contribution in [3.8, 4) is 11.5 Å². The minimum atomic E-state index is 0.638. The highest BCUT2D eigenvalue weighted by molar-refractivity contribution is 5.43. The van der Waals surface area contributed by atoms with Crippen molar-refractivity contribution in [1.82, 2.24) is 10.2 Å². The molecule has 1 heterocycles. The smallest absolute Gasteiger partial charge is 0.161 e. The Morgan fingerprint density at radius 3 is 2.61 bits per heavy atom. The van der Waals surface area contributed by atoms with Gasteiger partial charge in [-0.05, 0) is 42.8 Å². The molecule has 0 aromatic heterocycles. The molecule has 1 aliphatic heterocycles. The fourth-order valence-electron chi connectivity index (χ4n) is 3.35. The quantitative estimate of drug-likeness (QED) is 0.603. The van der Waals surface area contributed by atoms with Crippen LogP contribution >= 0.6 is 0 Å². The van der Waals surface area contributed by atoms with Gasteiger partial charge >= 0.3 is 0 Å². The zero-order valence-electron chi connectivity index (χ0n) is 16.9. The van der Waals surface area contributed by atoms with Gasteiger partial charge in [0, 0.05) is 26.1 Å². The Labute approximate surface area is 168 Å². The molecule has 28 heavy (non-hydrogen) atoms. The fourth-order valence-corrected chi connectivity index (χ4v) is 3.35. The van der Waals surface area contributed by atoms with E-state index in [1.54, 1.807) is 7.11 Å². The van der Waals surface area contributed by atoms with Crippen LogP contribution < -0.4 is 14.8 Å². The zero-order chi connectivity index (χ0) is 19.4. The first-order valence-electron chi connectivity index (χ1n) is 10.2. The van der Waals surface area contributed by atoms with E-state index in [0.29, 0.717) is 6.61 Å². The Morgan fingerprint density at radius 2 is 1.82 bits per heavy atom. The Morgan fingerprint density at radius 1 is 1.00 bits per heavy atom. The SMILES string of the molecule is COc1cc(CNCCCN2CCOCC2)ccc1OCCc1ccccc1. The molecule has 0 atom stereocenters. The van der Waals surface area contributed by atoms with E-state index in [1.165, 1.54) is 11.1 Å². The number of nitrogens with one attached hydrogen (secondary N) is 1. The van der Waals surface area contributed by atoms with Gasteiger partial charge in [-0.25, -0.2) is 0 Å². The lowest BCUT2D eigenvalue weighted by molar-refractivity contribution is 0.0374. The molecule has 3 rings (SSSR count). The summed E-state index contributed by atoms with van der Waals surface area (Å²) in [6.45, 7) is 7.47. The van der Waals surface area contributed by atoms with Gasteiger partial charge in [-0.15, -0.1) is 0 Å². The molecular formula is C23H32N2O3. The van der Waals surface area contributed by atoms with Gasteiger partial charge in [-0.2, -0.15) is 0 Å². The van der Waals surface area contributed by atoms with Crippen molar-refractivity contribution in [2.45, 2.75) is 19.4 Å². The van der Waals surface area contributed by atoms with Gasteiger partial charge in [0.2, 0.25) is 0 Å². The summed E-state index contributed by atoms with van der Waals surface area (Å²) in [5.74, 6) is 1.59. The molecule has 1 fully saturated rings. The summed E-state index contributed by atoms with van der Waals surface area (Å²) in [6, 6.07) is 16.6. The van der Waals surface area contributed by atoms with Crippen molar-refractivity contribution in [3.05, 3.63) is 59.7 Å². The predicted molar refractivity (Wildman–Crippen MR) is 112 cm³/mol. The topological polar surface area (TPSA) is 43.0 Å². The van der Waals surface area contributed by atoms with Gasteiger partial charge in [0.15, 0.2) is 11.5 Å². The largest absolute Gasteiger partial charge is 0.493 e. The first-order chi connectivity index (χ1) is 13.8. The average molecular weight is 385 g/mol. The zero-order valence-corrected chi connectivity index (χ0v) is 16.9. The van der Waals surface area contributed by atoms with E-state index < -0.39 is 0 Å². The third-order valence-corrected chi connectivity index (χ3v) is 4.98. The summed E-state index contributed by atoms with van der Waals surface area (Å²) in [5.41, 5.74) is 2.48. The van der Waals surface area contributed by atoms with Gasteiger partial charge < -0.3 is 19.5 Å². The van der Waals surface area contributed by atoms with Crippen LogP contribution in [0.5, 0.6) is 11.5 Å². The molecule has 0 radical (unpaired) electrons. The number of methoxy groups -OCH3 is 1. The molecule has 152 valence electrons. The van der Waals surface area contributed by atoms with E-state index in [-0.39, 0.29) is 0 Å². The standard InChI is InChI=1S/C23H32N2O3/c1-26-23-18-21(19-24-11-5-12-25-13-16-27-17-14-25)8-9-22(23)28-15-10-20-6-3-2-4-7-20/h2-4,6-9,18,24H,5,10-17,19H2,1H3. The van der Waals surface area contributed by atoms with E-state index in [2.05, 4.69) is 46.6 Å². The maximum absolute atomic E-state index is 5.94. The molecule has 2 aromatic rings. The fraction of sp³-hybridized carbons (Fsp3) is 0.478. The van der Waals surface area contributed by atoms with E-state index in [0.717, 1.165) is 70.3 Å². The molecule has 5 heteroatoms. The summed E-state index contributed by atoms with van der Waals surface area (Å²) in [5, 5.41) is 3.52. The molecule has 0 saturated carbocycles. The Hall–Kier alpha value is -2.08. The second-order valence-corrected chi connectivity index (χ2v) is 7.05. The minimum Gasteiger partial charge on any atom is -0.493 e. The van der Waals surface area contributed by atoms with Crippen molar-refractivity contribution in [2.75, 3.05) is 53.1 Å². The molecule has 5 nitrogen and oxygen atoms in total. The molecule has 0 aliphatic carbocycles. The first kappa shape index (κ1) is 20.6. The van der Waals surface area contributed by atoms with Crippen LogP contribution in [0, 0.1) is 0 Å². The van der Waals surface area contributed by atoms with E-state index in [9.17, 15) is 0 Å². The van der Waals surface area contributed by atoms with Gasteiger partial charge in [0.05, 0.1) is 26.9 Å². The summed E-state index contributed by atoms with van der Waals surface area (Å²) in [4.78, 5) is 2.47. The number of nitrogens with zero attached hydrogens (tertiary/aromatic N) is 1. The Bertz CT molecular complexity index is 688. The van der Waals surface area contributed by atoms with Gasteiger partial charge in [0.25, 0.3) is 0 Å². The molecule has 0 spiro atoms. The molecule has 1 N–H and O–H groups in total. The lowest BCUT2D eigenvalue weighted by Gasteiger charge is -2.26. The monoisotopic (exact) mass is 384 g/mol. The van der Waals surface area contributed by atoms with Gasteiger partial charge in [-0.3, -0.25) is 4.90 Å². The lowest BCUT2D eigenvalue weighted by atomic mass is 10.1. The molecule has 1 saturated heterocycles. The Balaban J connectivity index is 1.38. The predicted octanol–water partition coefficient (Wildman–Crippen LogP) is 3.13. The highest BCUT2D eigenvalue weighted by atomic mass is 16.5. The molecule has 1 aliphatic rings. The second-order valence-electron chi connectivity index (χ2n) is 7.05. The van der Waals surface area contributed by atoms with Crippen LogP contribution in [0.25, 0.3) is 0 Å². The normalized spacial score (nSPS) is 14.8. The van der Waals surface area contributed by atoms with Crippen LogP contribution in [0.4, 0.5) is 0 Å². The van der Waals surface area contributed by atoms with Crippen LogP contribution in [0.15, 0.2) is 48.5 Å². The number of hydrogen-bond donors (Lipinski definition) is 1. The summed E-state index contributed by atoms with van der Waals surface area (Å²) in [7, 11) is 1.69. The van der Waals surface area contributed by atoms with Crippen molar-refractivity contribution in [2.24, 2.45) is 0 Å². The van der Waals surface area contributed by atoms with E-state index in [4.69, 9.17) is 14.2 Å². The van der Waals surface area contributed by atoms with Crippen LogP contribution in [0.1, 0.15) is 17.5 Å². The van der Waals surface area contributed by atoms with Crippen LogP contribution in [0.3, 0.4) is 0 Å². The molecule has 0 amide bonds. The van der Waals surface area contributed by atoms with Gasteiger partial charge in [0.1, 0.15) is 0 Å². The average Bonchev–Trinajstić information content (AvgIpc) is 2.75. The number of rotatable bonds is 11. The summed E-state index contributed by atoms with van der Waals surface area (Å²) < 4.78 is 16.8. The number of hydrogen-bond acceptors (Lipinski definition) is 5. The highest BCUT2D eigenvalue weighted by Crippen LogP contribution is 2.28. The molecule has 0 bridgehead atoms. The Kier molecular flexibility index (Phi) is 8.62. The minimum absolute atomic E-state index is 0.638. The van der Waals surface area contributed by atoms with Crippen molar-refractivity contribution >= 4 is 0 Å². The molecule has 0 unspecified atom stereocenters. The molecular weight excluding hydrogens is 352 g/mol. The second kappa shape index (κ2) is 11.7. The van der Waals surface area contributed by atoms with Crippen LogP contribution in [-0.2, 0) is 17.7 Å². The number of benzene rings is 2. The summed E-state index contributed by atoms with van der Waals surface area (Å²) >= 11 is 0. The van der Waals surface area contributed by atoms with Crippen LogP contribution in [-0.4, -0.2) is 58.0 Å². The first-order valence-corrected chi connectivity index (χ1v) is 10.2. The maximum Gasteiger partial charge on any atom is 0.161 e. The van der Waals surface area contributed by atoms with Crippen molar-refractivity contribution in [3.63, 3.8) is 0 Å². The summed E-state index contributed by atoms with van der Waals surface area (Å²) in [6.07, 6.45) is 2.04. The molecule has 2 aromatic carbocycles. The highest BCUT2D eigenvalue weighted by Gasteiger charge is 2.09. The van der Waals surface area contributed by atoms with E-state index >= 15 is 0 Å². The maximum atomic E-state index is 5.94. The van der Waals surface area contributed by atoms with E-state index in [1.807, 2.05) is 12.1 Å². The van der Waals surface area contributed by atoms with Gasteiger partial charge in [-0.1, -0.05) is 36.4 Å². The third kappa shape index (κ3) is 6.82. The van der Waals surface area contributed by atoms with Crippen LogP contribution in [0.2, 0.25) is 0 Å².